The van der Waals surface area contributed by atoms with Gasteiger partial charge < -0.3 is 10.6 Å². The topological polar surface area (TPSA) is 29.3 Å². The lowest BCUT2D eigenvalue weighted by Crippen LogP contribution is -2.46. The Hall–Kier alpha value is -0.570. The third kappa shape index (κ3) is 3.47. The maximum absolute atomic E-state index is 5.90. The van der Waals surface area contributed by atoms with Crippen LogP contribution in [0.3, 0.4) is 0 Å². The fourth-order valence-corrected chi connectivity index (χ4v) is 2.85. The highest BCUT2D eigenvalue weighted by Gasteiger charge is 2.36. The first-order chi connectivity index (χ1) is 8.63. The molecule has 1 aliphatic carbocycles. The first kappa shape index (κ1) is 13.9. The zero-order valence-electron chi connectivity index (χ0n) is 11.2. The van der Waals surface area contributed by atoms with Crippen molar-refractivity contribution in [2.45, 2.75) is 25.7 Å². The van der Waals surface area contributed by atoms with Gasteiger partial charge in [-0.15, -0.1) is 0 Å². The fourth-order valence-electron chi connectivity index (χ4n) is 2.73. The molecule has 0 radical (unpaired) electrons. The van der Waals surface area contributed by atoms with Crippen LogP contribution >= 0.6 is 11.6 Å². The van der Waals surface area contributed by atoms with E-state index in [-0.39, 0.29) is 0 Å². The van der Waals surface area contributed by atoms with Gasteiger partial charge in [0.15, 0.2) is 0 Å². The van der Waals surface area contributed by atoms with E-state index in [1.165, 1.54) is 24.8 Å². The van der Waals surface area contributed by atoms with Crippen molar-refractivity contribution in [1.82, 2.24) is 4.90 Å². The van der Waals surface area contributed by atoms with E-state index in [4.69, 9.17) is 17.3 Å². The van der Waals surface area contributed by atoms with Crippen molar-refractivity contribution >= 4 is 11.6 Å². The van der Waals surface area contributed by atoms with Crippen LogP contribution in [-0.4, -0.2) is 31.6 Å². The zero-order chi connectivity index (χ0) is 13.0. The van der Waals surface area contributed by atoms with Crippen LogP contribution in [0, 0.1) is 5.41 Å². The molecule has 0 aliphatic heterocycles. The molecule has 0 saturated heterocycles. The summed E-state index contributed by atoms with van der Waals surface area (Å²) in [5.74, 6) is 0. The second-order valence-electron chi connectivity index (χ2n) is 5.67. The summed E-state index contributed by atoms with van der Waals surface area (Å²) in [4.78, 5) is 2.42. The summed E-state index contributed by atoms with van der Waals surface area (Å²) in [6.07, 6.45) is 5.03. The van der Waals surface area contributed by atoms with Crippen molar-refractivity contribution in [3.63, 3.8) is 0 Å². The molecule has 0 amide bonds. The Bertz CT molecular complexity index is 365. The molecule has 0 atom stereocenters. The maximum Gasteiger partial charge on any atom is 0.0406 e. The van der Waals surface area contributed by atoms with Crippen molar-refractivity contribution < 1.29 is 0 Å². The van der Waals surface area contributed by atoms with Crippen LogP contribution in [0.2, 0.25) is 5.02 Å². The van der Waals surface area contributed by atoms with Gasteiger partial charge in [-0.2, -0.15) is 0 Å². The number of hydrogen-bond acceptors (Lipinski definition) is 2. The van der Waals surface area contributed by atoms with Crippen molar-refractivity contribution in [3.8, 4) is 0 Å². The van der Waals surface area contributed by atoms with Gasteiger partial charge >= 0.3 is 0 Å². The molecule has 2 rings (SSSR count). The normalized spacial score (nSPS) is 17.8. The Kier molecular flexibility index (Phi) is 4.66. The molecule has 2 N–H and O–H groups in total. The summed E-state index contributed by atoms with van der Waals surface area (Å²) in [6, 6.07) is 8.14. The van der Waals surface area contributed by atoms with E-state index in [1.807, 2.05) is 12.1 Å². The summed E-state index contributed by atoms with van der Waals surface area (Å²) in [6.45, 7) is 3.05. The van der Waals surface area contributed by atoms with Crippen LogP contribution in [0.5, 0.6) is 0 Å². The standard InChI is InChI=1S/C15H23ClN2/c1-18(12-15(11-17)8-2-9-15)10-7-13-3-5-14(16)6-4-13/h3-6H,2,7-12,17H2,1H3. The van der Waals surface area contributed by atoms with Crippen LogP contribution in [0.1, 0.15) is 24.8 Å². The van der Waals surface area contributed by atoms with Gasteiger partial charge in [0.25, 0.3) is 0 Å². The molecule has 0 unspecified atom stereocenters. The minimum Gasteiger partial charge on any atom is -0.330 e. The first-order valence-corrected chi connectivity index (χ1v) is 7.14. The van der Waals surface area contributed by atoms with E-state index in [0.717, 1.165) is 31.1 Å². The van der Waals surface area contributed by atoms with Crippen LogP contribution in [0.15, 0.2) is 24.3 Å². The summed E-state index contributed by atoms with van der Waals surface area (Å²) in [7, 11) is 2.20. The predicted molar refractivity (Wildman–Crippen MR) is 78.0 cm³/mol. The van der Waals surface area contributed by atoms with Crippen molar-refractivity contribution in [2.24, 2.45) is 11.1 Å². The monoisotopic (exact) mass is 266 g/mol. The van der Waals surface area contributed by atoms with E-state index in [1.54, 1.807) is 0 Å². The number of nitrogens with zero attached hydrogens (tertiary/aromatic N) is 1. The van der Waals surface area contributed by atoms with E-state index in [2.05, 4.69) is 24.1 Å². The Morgan fingerprint density at radius 2 is 1.94 bits per heavy atom. The van der Waals surface area contributed by atoms with Gasteiger partial charge in [0.05, 0.1) is 0 Å². The van der Waals surface area contributed by atoms with Gasteiger partial charge in [0.1, 0.15) is 0 Å². The molecule has 1 saturated carbocycles. The molecule has 1 aliphatic rings. The number of nitrogens with two attached hydrogens (primary N) is 1. The number of halogens is 1. The Balaban J connectivity index is 1.77. The Labute approximate surface area is 115 Å². The number of benzene rings is 1. The Morgan fingerprint density at radius 3 is 2.44 bits per heavy atom. The van der Waals surface area contributed by atoms with E-state index in [9.17, 15) is 0 Å². The predicted octanol–water partition coefficient (Wildman–Crippen LogP) is 2.94. The smallest absolute Gasteiger partial charge is 0.0406 e. The maximum atomic E-state index is 5.90. The molecule has 1 fully saturated rings. The molecule has 1 aromatic carbocycles. The van der Waals surface area contributed by atoms with E-state index < -0.39 is 0 Å². The van der Waals surface area contributed by atoms with Gasteiger partial charge in [-0.3, -0.25) is 0 Å². The molecule has 0 bridgehead atoms. The van der Waals surface area contributed by atoms with Crippen molar-refractivity contribution in [2.75, 3.05) is 26.7 Å². The molecule has 2 nitrogen and oxygen atoms in total. The minimum absolute atomic E-state index is 0.411. The van der Waals surface area contributed by atoms with Crippen molar-refractivity contribution in [3.05, 3.63) is 34.9 Å². The van der Waals surface area contributed by atoms with Gasteiger partial charge in [-0.05, 0) is 56.0 Å². The number of hydrogen-bond donors (Lipinski definition) is 1. The van der Waals surface area contributed by atoms with E-state index >= 15 is 0 Å². The first-order valence-electron chi connectivity index (χ1n) is 6.77. The van der Waals surface area contributed by atoms with Crippen LogP contribution in [0.25, 0.3) is 0 Å². The zero-order valence-corrected chi connectivity index (χ0v) is 11.9. The lowest BCUT2D eigenvalue weighted by Gasteiger charge is -2.43. The lowest BCUT2D eigenvalue weighted by molar-refractivity contribution is 0.0882. The SMILES string of the molecule is CN(CCc1ccc(Cl)cc1)CC1(CN)CCC1. The van der Waals surface area contributed by atoms with Gasteiger partial charge in [-0.25, -0.2) is 0 Å². The molecule has 0 heterocycles. The quantitative estimate of drug-likeness (QED) is 0.858. The second kappa shape index (κ2) is 6.05. The summed E-state index contributed by atoms with van der Waals surface area (Å²) >= 11 is 5.88. The highest BCUT2D eigenvalue weighted by atomic mass is 35.5. The average Bonchev–Trinajstić information content (AvgIpc) is 2.33. The molecule has 100 valence electrons. The molecule has 0 spiro atoms. The summed E-state index contributed by atoms with van der Waals surface area (Å²) in [5.41, 5.74) is 7.66. The van der Waals surface area contributed by atoms with Crippen LogP contribution in [-0.2, 0) is 6.42 Å². The molecule has 18 heavy (non-hydrogen) atoms. The molecular formula is C15H23ClN2. The number of likely N-dealkylation sites (N-methyl/N-ethyl adjacent to an activating group) is 1. The largest absolute Gasteiger partial charge is 0.330 e. The molecule has 1 aromatic rings. The molecular weight excluding hydrogens is 244 g/mol. The average molecular weight is 267 g/mol. The van der Waals surface area contributed by atoms with Crippen LogP contribution in [0.4, 0.5) is 0 Å². The fraction of sp³-hybridized carbons (Fsp3) is 0.600. The number of rotatable bonds is 6. The minimum atomic E-state index is 0.411. The lowest BCUT2D eigenvalue weighted by atomic mass is 9.68. The highest BCUT2D eigenvalue weighted by molar-refractivity contribution is 6.30. The van der Waals surface area contributed by atoms with Gasteiger partial charge in [0.2, 0.25) is 0 Å². The summed E-state index contributed by atoms with van der Waals surface area (Å²) < 4.78 is 0. The van der Waals surface area contributed by atoms with Gasteiger partial charge in [-0.1, -0.05) is 30.2 Å². The second-order valence-corrected chi connectivity index (χ2v) is 6.11. The van der Waals surface area contributed by atoms with Crippen LogP contribution < -0.4 is 5.73 Å². The third-order valence-electron chi connectivity index (χ3n) is 4.15. The summed E-state index contributed by atoms with van der Waals surface area (Å²) in [5, 5.41) is 0.809. The van der Waals surface area contributed by atoms with Gasteiger partial charge in [0, 0.05) is 18.1 Å². The molecule has 0 aromatic heterocycles. The van der Waals surface area contributed by atoms with E-state index in [0.29, 0.717) is 5.41 Å². The third-order valence-corrected chi connectivity index (χ3v) is 4.40. The highest BCUT2D eigenvalue weighted by Crippen LogP contribution is 2.40. The van der Waals surface area contributed by atoms with Crippen molar-refractivity contribution in [1.29, 1.82) is 0 Å². The Morgan fingerprint density at radius 1 is 1.28 bits per heavy atom. The molecule has 3 heteroatoms.